The Morgan fingerprint density at radius 2 is 1.88 bits per heavy atom. The summed E-state index contributed by atoms with van der Waals surface area (Å²) < 4.78 is 11.1. The minimum absolute atomic E-state index is 0.154. The molecule has 0 unspecified atom stereocenters. The van der Waals surface area contributed by atoms with Crippen LogP contribution in [0.5, 0.6) is 11.5 Å². The molecule has 1 atom stereocenters. The molecular weight excluding hydrogens is 369 g/mol. The molecule has 0 aliphatic carbocycles. The number of anilines is 1. The number of amides is 1. The zero-order valence-corrected chi connectivity index (χ0v) is 15.2. The number of rotatable bonds is 4. The number of benzene rings is 2. The summed E-state index contributed by atoms with van der Waals surface area (Å²) in [6.07, 6.45) is 0. The molecule has 0 fully saturated rings. The van der Waals surface area contributed by atoms with Gasteiger partial charge in [-0.3, -0.25) is 4.79 Å². The van der Waals surface area contributed by atoms with Crippen LogP contribution in [-0.4, -0.2) is 24.4 Å². The molecule has 0 bridgehead atoms. The van der Waals surface area contributed by atoms with Crippen molar-refractivity contribution in [2.24, 2.45) is 0 Å². The molecule has 3 rings (SSSR count). The van der Waals surface area contributed by atoms with E-state index in [-0.39, 0.29) is 11.2 Å². The largest absolute Gasteiger partial charge is 0.486 e. The zero-order valence-electron chi connectivity index (χ0n) is 12.8. The highest BCUT2D eigenvalue weighted by Crippen LogP contribution is 2.36. The average Bonchev–Trinajstić information content (AvgIpc) is 2.58. The van der Waals surface area contributed by atoms with E-state index in [1.807, 2.05) is 25.1 Å². The Balaban J connectivity index is 1.67. The molecule has 24 heavy (non-hydrogen) atoms. The summed E-state index contributed by atoms with van der Waals surface area (Å²) in [4.78, 5) is 13.3. The van der Waals surface area contributed by atoms with Crippen LogP contribution in [0, 0.1) is 0 Å². The van der Waals surface area contributed by atoms with Crippen LogP contribution in [-0.2, 0) is 4.79 Å². The van der Waals surface area contributed by atoms with Gasteiger partial charge in [0.25, 0.3) is 0 Å². The predicted molar refractivity (Wildman–Crippen MR) is 97.8 cm³/mol. The third-order valence-electron chi connectivity index (χ3n) is 3.38. The maximum Gasteiger partial charge on any atom is 0.237 e. The molecule has 0 radical (unpaired) electrons. The molecule has 4 nitrogen and oxygen atoms in total. The summed E-state index contributed by atoms with van der Waals surface area (Å²) in [5, 5.41) is 3.45. The lowest BCUT2D eigenvalue weighted by molar-refractivity contribution is -0.115. The van der Waals surface area contributed by atoms with E-state index in [0.29, 0.717) is 34.7 Å². The van der Waals surface area contributed by atoms with Crippen molar-refractivity contribution in [2.45, 2.75) is 17.1 Å². The standard InChI is InChI=1S/C17H15Cl2NO3S/c1-10(17(21)20-14-8-11(18)2-4-13(14)19)24-12-3-5-15-16(9-12)23-7-6-22-15/h2-5,8-10H,6-7H2,1H3,(H,20,21)/t10-/m0/s1. The zero-order chi connectivity index (χ0) is 17.1. The van der Waals surface area contributed by atoms with E-state index < -0.39 is 0 Å². The van der Waals surface area contributed by atoms with E-state index in [2.05, 4.69) is 5.32 Å². The number of carbonyl (C=O) groups excluding carboxylic acids is 1. The highest BCUT2D eigenvalue weighted by molar-refractivity contribution is 8.00. The molecule has 1 amide bonds. The molecule has 2 aromatic carbocycles. The lowest BCUT2D eigenvalue weighted by atomic mass is 10.3. The van der Waals surface area contributed by atoms with Gasteiger partial charge in [0.1, 0.15) is 13.2 Å². The van der Waals surface area contributed by atoms with Crippen LogP contribution in [0.25, 0.3) is 0 Å². The van der Waals surface area contributed by atoms with Crippen LogP contribution >= 0.6 is 35.0 Å². The summed E-state index contributed by atoms with van der Waals surface area (Å²) in [5.74, 6) is 1.28. The highest BCUT2D eigenvalue weighted by Gasteiger charge is 2.18. The second-order valence-electron chi connectivity index (χ2n) is 5.18. The second kappa shape index (κ2) is 7.55. The Bertz CT molecular complexity index is 769. The molecule has 1 N–H and O–H groups in total. The van der Waals surface area contributed by atoms with E-state index in [9.17, 15) is 4.79 Å². The number of hydrogen-bond acceptors (Lipinski definition) is 4. The first-order chi connectivity index (χ1) is 11.5. The van der Waals surface area contributed by atoms with Gasteiger partial charge in [-0.15, -0.1) is 11.8 Å². The van der Waals surface area contributed by atoms with E-state index >= 15 is 0 Å². The lowest BCUT2D eigenvalue weighted by Gasteiger charge is -2.19. The van der Waals surface area contributed by atoms with Gasteiger partial charge < -0.3 is 14.8 Å². The smallest absolute Gasteiger partial charge is 0.237 e. The SMILES string of the molecule is C[C@H](Sc1ccc2c(c1)OCCO2)C(=O)Nc1cc(Cl)ccc1Cl. The molecule has 0 spiro atoms. The Morgan fingerprint density at radius 1 is 1.12 bits per heavy atom. The van der Waals surface area contributed by atoms with Crippen LogP contribution in [0.2, 0.25) is 10.0 Å². The minimum atomic E-state index is -0.317. The van der Waals surface area contributed by atoms with E-state index in [0.717, 1.165) is 10.6 Å². The van der Waals surface area contributed by atoms with E-state index in [4.69, 9.17) is 32.7 Å². The number of hydrogen-bond donors (Lipinski definition) is 1. The summed E-state index contributed by atoms with van der Waals surface area (Å²) in [6, 6.07) is 10.6. The first-order valence-corrected chi connectivity index (χ1v) is 8.99. The predicted octanol–water partition coefficient (Wildman–Crippen LogP) is 4.88. The van der Waals surface area contributed by atoms with Gasteiger partial charge in [-0.1, -0.05) is 23.2 Å². The quantitative estimate of drug-likeness (QED) is 0.763. The molecule has 2 aromatic rings. The Hall–Kier alpha value is -1.56. The number of halogens is 2. The van der Waals surface area contributed by atoms with Gasteiger partial charge in [-0.05, 0) is 43.3 Å². The monoisotopic (exact) mass is 383 g/mol. The summed E-state index contributed by atoms with van der Waals surface area (Å²) in [6.45, 7) is 2.92. The number of ether oxygens (including phenoxy) is 2. The Morgan fingerprint density at radius 3 is 2.67 bits per heavy atom. The van der Waals surface area contributed by atoms with Crippen molar-refractivity contribution in [1.29, 1.82) is 0 Å². The van der Waals surface area contributed by atoms with Gasteiger partial charge in [0, 0.05) is 9.92 Å². The molecule has 1 aliphatic heterocycles. The van der Waals surface area contributed by atoms with Gasteiger partial charge in [-0.25, -0.2) is 0 Å². The number of thioether (sulfide) groups is 1. The fraction of sp³-hybridized carbons (Fsp3) is 0.235. The molecular formula is C17H15Cl2NO3S. The molecule has 0 aromatic heterocycles. The van der Waals surface area contributed by atoms with Crippen molar-refractivity contribution in [3.63, 3.8) is 0 Å². The van der Waals surface area contributed by atoms with Crippen molar-refractivity contribution < 1.29 is 14.3 Å². The average molecular weight is 384 g/mol. The van der Waals surface area contributed by atoms with Gasteiger partial charge in [0.05, 0.1) is 16.0 Å². The minimum Gasteiger partial charge on any atom is -0.486 e. The van der Waals surface area contributed by atoms with E-state index in [1.54, 1.807) is 18.2 Å². The summed E-state index contributed by atoms with van der Waals surface area (Å²) in [5.41, 5.74) is 0.504. The maximum absolute atomic E-state index is 12.4. The van der Waals surface area contributed by atoms with Gasteiger partial charge in [-0.2, -0.15) is 0 Å². The van der Waals surface area contributed by atoms with Crippen molar-refractivity contribution >= 4 is 46.6 Å². The normalized spacial score (nSPS) is 14.1. The van der Waals surface area contributed by atoms with Gasteiger partial charge in [0.15, 0.2) is 11.5 Å². The number of fused-ring (bicyclic) bond motifs is 1. The van der Waals surface area contributed by atoms with Crippen LogP contribution in [0.3, 0.4) is 0 Å². The van der Waals surface area contributed by atoms with Crippen LogP contribution in [0.1, 0.15) is 6.92 Å². The highest BCUT2D eigenvalue weighted by atomic mass is 35.5. The first kappa shape index (κ1) is 17.3. The van der Waals surface area contributed by atoms with Gasteiger partial charge >= 0.3 is 0 Å². The molecule has 0 saturated carbocycles. The maximum atomic E-state index is 12.4. The summed E-state index contributed by atoms with van der Waals surface area (Å²) >= 11 is 13.4. The first-order valence-electron chi connectivity index (χ1n) is 7.35. The fourth-order valence-electron chi connectivity index (χ4n) is 2.18. The molecule has 1 aliphatic rings. The van der Waals surface area contributed by atoms with Crippen molar-refractivity contribution in [3.05, 3.63) is 46.4 Å². The Kier molecular flexibility index (Phi) is 5.43. The van der Waals surface area contributed by atoms with Crippen molar-refractivity contribution in [3.8, 4) is 11.5 Å². The molecule has 126 valence electrons. The third kappa shape index (κ3) is 4.09. The third-order valence-corrected chi connectivity index (χ3v) is 5.04. The summed E-state index contributed by atoms with van der Waals surface area (Å²) in [7, 11) is 0. The topological polar surface area (TPSA) is 47.6 Å². The molecule has 7 heteroatoms. The van der Waals surface area contributed by atoms with Crippen molar-refractivity contribution in [1.82, 2.24) is 0 Å². The van der Waals surface area contributed by atoms with Crippen LogP contribution in [0.15, 0.2) is 41.3 Å². The van der Waals surface area contributed by atoms with Gasteiger partial charge in [0.2, 0.25) is 5.91 Å². The van der Waals surface area contributed by atoms with Crippen LogP contribution in [0.4, 0.5) is 5.69 Å². The second-order valence-corrected chi connectivity index (χ2v) is 7.44. The fourth-order valence-corrected chi connectivity index (χ4v) is 3.42. The number of nitrogens with one attached hydrogen (secondary N) is 1. The Labute approximate surface area is 154 Å². The molecule has 0 saturated heterocycles. The molecule has 1 heterocycles. The van der Waals surface area contributed by atoms with E-state index in [1.165, 1.54) is 11.8 Å². The van der Waals surface area contributed by atoms with Crippen LogP contribution < -0.4 is 14.8 Å². The van der Waals surface area contributed by atoms with Crippen molar-refractivity contribution in [2.75, 3.05) is 18.5 Å². The number of carbonyl (C=O) groups is 1. The lowest BCUT2D eigenvalue weighted by Crippen LogP contribution is -2.22.